The average molecular weight is 310 g/mol. The van der Waals surface area contributed by atoms with Crippen molar-refractivity contribution < 1.29 is 19.2 Å². The predicted octanol–water partition coefficient (Wildman–Crippen LogP) is 2.27. The average Bonchev–Trinajstić information content (AvgIpc) is 2.43. The first-order chi connectivity index (χ1) is 10.2. The summed E-state index contributed by atoms with van der Waals surface area (Å²) in [5.41, 5.74) is -0.499. The van der Waals surface area contributed by atoms with E-state index in [4.69, 9.17) is 5.11 Å². The van der Waals surface area contributed by atoms with Crippen molar-refractivity contribution in [1.29, 1.82) is 0 Å². The quantitative estimate of drug-likeness (QED) is 0.459. The van der Waals surface area contributed by atoms with Crippen molar-refractivity contribution in [1.82, 2.24) is 5.32 Å². The van der Waals surface area contributed by atoms with Gasteiger partial charge in [-0.1, -0.05) is 13.8 Å². The summed E-state index contributed by atoms with van der Waals surface area (Å²) in [4.78, 5) is 21.8. The Morgan fingerprint density at radius 1 is 1.50 bits per heavy atom. The van der Waals surface area contributed by atoms with Crippen LogP contribution in [-0.4, -0.2) is 29.1 Å². The summed E-state index contributed by atoms with van der Waals surface area (Å²) in [5.74, 6) is -1.12. The Morgan fingerprint density at radius 2 is 2.18 bits per heavy atom. The number of nitro groups is 1. The summed E-state index contributed by atoms with van der Waals surface area (Å²) in [6.07, 6.45) is 2.97. The zero-order valence-corrected chi connectivity index (χ0v) is 12.5. The van der Waals surface area contributed by atoms with E-state index in [1.807, 2.05) is 13.8 Å². The van der Waals surface area contributed by atoms with Crippen LogP contribution in [0.5, 0.6) is 0 Å². The van der Waals surface area contributed by atoms with Crippen LogP contribution in [0, 0.1) is 21.3 Å². The fourth-order valence-electron chi connectivity index (χ4n) is 1.76. The lowest BCUT2D eigenvalue weighted by atomic mass is 9.90. The molecule has 0 saturated heterocycles. The Bertz CT molecular complexity index is 585. The fraction of sp³-hybridized carbons (Fsp3) is 0.400. The molecule has 2 N–H and O–H groups in total. The number of aliphatic hydroxyl groups is 1. The van der Waals surface area contributed by atoms with Crippen LogP contribution < -0.4 is 5.32 Å². The molecule has 0 spiro atoms. The SMILES string of the molecule is CC(C)(CCO)CNC(=O)/C=C/c1ccc(F)cc1[N+](=O)[O-]. The molecule has 0 unspecified atom stereocenters. The molecular formula is C15H19FN2O4. The van der Waals surface area contributed by atoms with Gasteiger partial charge in [0.25, 0.3) is 5.69 Å². The molecule has 0 radical (unpaired) electrons. The molecule has 1 amide bonds. The molecule has 6 nitrogen and oxygen atoms in total. The molecule has 0 heterocycles. The standard InChI is InChI=1S/C15H19FN2O4/c1-15(2,7-8-19)10-17-14(20)6-4-11-3-5-12(16)9-13(11)18(21)22/h3-6,9,19H,7-8,10H2,1-2H3,(H,17,20)/b6-4+. The van der Waals surface area contributed by atoms with E-state index in [0.29, 0.717) is 13.0 Å². The molecule has 1 aromatic rings. The van der Waals surface area contributed by atoms with Crippen molar-refractivity contribution in [3.8, 4) is 0 Å². The number of nitro benzene ring substituents is 1. The van der Waals surface area contributed by atoms with Crippen molar-refractivity contribution in [3.63, 3.8) is 0 Å². The fourth-order valence-corrected chi connectivity index (χ4v) is 1.76. The second kappa shape index (κ2) is 7.65. The third-order valence-electron chi connectivity index (χ3n) is 3.13. The zero-order valence-electron chi connectivity index (χ0n) is 12.5. The number of aliphatic hydroxyl groups excluding tert-OH is 1. The number of nitrogens with one attached hydrogen (secondary N) is 1. The van der Waals surface area contributed by atoms with Gasteiger partial charge >= 0.3 is 0 Å². The van der Waals surface area contributed by atoms with Crippen LogP contribution in [0.25, 0.3) is 6.08 Å². The zero-order chi connectivity index (χ0) is 16.8. The molecule has 0 aliphatic heterocycles. The Hall–Kier alpha value is -2.28. The molecule has 0 aliphatic rings. The number of hydrogen-bond acceptors (Lipinski definition) is 4. The number of carbonyl (C=O) groups is 1. The van der Waals surface area contributed by atoms with E-state index in [0.717, 1.165) is 18.2 Å². The van der Waals surface area contributed by atoms with Crippen molar-refractivity contribution in [2.45, 2.75) is 20.3 Å². The first kappa shape index (κ1) is 17.8. The highest BCUT2D eigenvalue weighted by Gasteiger charge is 2.17. The molecule has 0 saturated carbocycles. The van der Waals surface area contributed by atoms with Crippen LogP contribution in [0.4, 0.5) is 10.1 Å². The van der Waals surface area contributed by atoms with Gasteiger partial charge in [-0.05, 0) is 30.0 Å². The highest BCUT2D eigenvalue weighted by atomic mass is 19.1. The van der Waals surface area contributed by atoms with Gasteiger partial charge in [0, 0.05) is 19.2 Å². The molecule has 120 valence electrons. The smallest absolute Gasteiger partial charge is 0.279 e. The summed E-state index contributed by atoms with van der Waals surface area (Å²) < 4.78 is 13.0. The van der Waals surface area contributed by atoms with E-state index in [2.05, 4.69) is 5.32 Å². The van der Waals surface area contributed by atoms with E-state index < -0.39 is 22.3 Å². The highest BCUT2D eigenvalue weighted by Crippen LogP contribution is 2.21. The molecule has 0 bridgehead atoms. The van der Waals surface area contributed by atoms with Gasteiger partial charge in [-0.25, -0.2) is 4.39 Å². The number of benzene rings is 1. The summed E-state index contributed by atoms with van der Waals surface area (Å²) in [7, 11) is 0. The Morgan fingerprint density at radius 3 is 2.77 bits per heavy atom. The molecule has 22 heavy (non-hydrogen) atoms. The minimum absolute atomic E-state index is 0.0283. The minimum Gasteiger partial charge on any atom is -0.396 e. The first-order valence-corrected chi connectivity index (χ1v) is 6.76. The Labute approximate surface area is 127 Å². The number of halogens is 1. The summed E-state index contributed by atoms with van der Waals surface area (Å²) in [6, 6.07) is 3.14. The van der Waals surface area contributed by atoms with Crippen LogP contribution in [0.2, 0.25) is 0 Å². The number of nitrogens with zero attached hydrogens (tertiary/aromatic N) is 1. The lowest BCUT2D eigenvalue weighted by Crippen LogP contribution is -2.33. The van der Waals surface area contributed by atoms with Gasteiger partial charge in [-0.3, -0.25) is 14.9 Å². The molecule has 0 aliphatic carbocycles. The van der Waals surface area contributed by atoms with E-state index in [9.17, 15) is 19.3 Å². The van der Waals surface area contributed by atoms with Gasteiger partial charge in [0.1, 0.15) is 5.82 Å². The Kier molecular flexibility index (Phi) is 6.18. The van der Waals surface area contributed by atoms with Gasteiger partial charge in [-0.15, -0.1) is 0 Å². The molecular weight excluding hydrogens is 291 g/mol. The predicted molar refractivity (Wildman–Crippen MR) is 80.6 cm³/mol. The maximum Gasteiger partial charge on any atom is 0.279 e. The second-order valence-corrected chi connectivity index (χ2v) is 5.65. The Balaban J connectivity index is 2.73. The minimum atomic E-state index is -0.709. The monoisotopic (exact) mass is 310 g/mol. The maximum atomic E-state index is 13.0. The van der Waals surface area contributed by atoms with Crippen LogP contribution in [-0.2, 0) is 4.79 Å². The third-order valence-corrected chi connectivity index (χ3v) is 3.13. The van der Waals surface area contributed by atoms with Gasteiger partial charge in [0.2, 0.25) is 5.91 Å². The van der Waals surface area contributed by atoms with E-state index in [1.54, 1.807) is 0 Å². The summed E-state index contributed by atoms with van der Waals surface area (Å²) in [6.45, 7) is 4.19. The molecule has 0 fully saturated rings. The van der Waals surface area contributed by atoms with Crippen molar-refractivity contribution in [2.75, 3.05) is 13.2 Å². The van der Waals surface area contributed by atoms with Gasteiger partial charge < -0.3 is 10.4 Å². The number of amides is 1. The molecule has 1 aromatic carbocycles. The van der Waals surface area contributed by atoms with Gasteiger partial charge in [0.15, 0.2) is 0 Å². The summed E-state index contributed by atoms with van der Waals surface area (Å²) >= 11 is 0. The second-order valence-electron chi connectivity index (χ2n) is 5.65. The maximum absolute atomic E-state index is 13.0. The largest absolute Gasteiger partial charge is 0.396 e. The van der Waals surface area contributed by atoms with Crippen LogP contribution in [0.15, 0.2) is 24.3 Å². The lowest BCUT2D eigenvalue weighted by molar-refractivity contribution is -0.385. The number of rotatable bonds is 7. The highest BCUT2D eigenvalue weighted by molar-refractivity contribution is 5.92. The molecule has 1 rings (SSSR count). The summed E-state index contributed by atoms with van der Waals surface area (Å²) in [5, 5.41) is 22.4. The van der Waals surface area contributed by atoms with E-state index in [1.165, 1.54) is 12.1 Å². The van der Waals surface area contributed by atoms with Crippen molar-refractivity contribution >= 4 is 17.7 Å². The first-order valence-electron chi connectivity index (χ1n) is 6.76. The topological polar surface area (TPSA) is 92.5 Å². The molecule has 7 heteroatoms. The van der Waals surface area contributed by atoms with Crippen LogP contribution >= 0.6 is 0 Å². The van der Waals surface area contributed by atoms with E-state index in [-0.39, 0.29) is 17.6 Å². The van der Waals surface area contributed by atoms with Gasteiger partial charge in [0.05, 0.1) is 16.6 Å². The van der Waals surface area contributed by atoms with Crippen molar-refractivity contribution in [2.24, 2.45) is 5.41 Å². The molecule has 0 atom stereocenters. The lowest BCUT2D eigenvalue weighted by Gasteiger charge is -2.23. The van der Waals surface area contributed by atoms with E-state index >= 15 is 0 Å². The number of hydrogen-bond donors (Lipinski definition) is 2. The normalized spacial score (nSPS) is 11.6. The van der Waals surface area contributed by atoms with Gasteiger partial charge in [-0.2, -0.15) is 0 Å². The van der Waals surface area contributed by atoms with Crippen molar-refractivity contribution in [3.05, 3.63) is 45.8 Å². The molecule has 0 aromatic heterocycles. The third kappa shape index (κ3) is 5.61. The van der Waals surface area contributed by atoms with Crippen LogP contribution in [0.1, 0.15) is 25.8 Å². The number of carbonyl (C=O) groups excluding carboxylic acids is 1. The van der Waals surface area contributed by atoms with Crippen LogP contribution in [0.3, 0.4) is 0 Å².